The van der Waals surface area contributed by atoms with Gasteiger partial charge in [-0.2, -0.15) is 0 Å². The summed E-state index contributed by atoms with van der Waals surface area (Å²) in [7, 11) is 0. The summed E-state index contributed by atoms with van der Waals surface area (Å²) in [6.45, 7) is 2.96. The average molecular weight is 134 g/mol. The Balaban J connectivity index is 0. The number of carbonyl (C=O) groups is 1. The lowest BCUT2D eigenvalue weighted by molar-refractivity contribution is -0.143. The van der Waals surface area contributed by atoms with E-state index in [0.29, 0.717) is 0 Å². The highest BCUT2D eigenvalue weighted by Gasteiger charge is 1.96. The molecule has 0 radical (unpaired) electrons. The molecule has 0 heterocycles. The summed E-state index contributed by atoms with van der Waals surface area (Å²) in [4.78, 5) is 10.0. The van der Waals surface area contributed by atoms with E-state index in [1.807, 2.05) is 0 Å². The molecule has 0 amide bonds. The first kappa shape index (κ1) is 11.3. The minimum Gasteiger partial charge on any atom is -0.463 e. The number of hydrogen-bond acceptors (Lipinski definition) is 3. The van der Waals surface area contributed by atoms with Crippen LogP contribution in [0.5, 0.6) is 0 Å². The van der Waals surface area contributed by atoms with Gasteiger partial charge in [-0.25, -0.2) is 0 Å². The van der Waals surface area contributed by atoms with Crippen LogP contribution >= 0.6 is 0 Å². The van der Waals surface area contributed by atoms with Crippen LogP contribution in [0.25, 0.3) is 0 Å². The molecule has 0 saturated carbocycles. The second-order valence-electron chi connectivity index (χ2n) is 1.65. The van der Waals surface area contributed by atoms with Crippen molar-refractivity contribution >= 4 is 5.97 Å². The maximum Gasteiger partial charge on any atom is 0.302 e. The summed E-state index contributed by atoms with van der Waals surface area (Å²) in [6.07, 6.45) is -0.557. The molecule has 0 aliphatic heterocycles. The third kappa shape index (κ3) is 11.2. The largest absolute Gasteiger partial charge is 0.463 e. The van der Waals surface area contributed by atoms with E-state index in [9.17, 15) is 4.79 Å². The second kappa shape index (κ2) is 5.56. The minimum atomic E-state index is -0.557. The number of ether oxygens (including phenoxy) is 1. The van der Waals surface area contributed by atoms with E-state index in [2.05, 4.69) is 4.74 Å². The summed E-state index contributed by atoms with van der Waals surface area (Å²) in [5.74, 6) is -0.356. The Morgan fingerprint density at radius 3 is 2.33 bits per heavy atom. The predicted molar refractivity (Wildman–Crippen MR) is 35.0 cm³/mol. The first-order chi connectivity index (χ1) is 3.63. The molecule has 0 aliphatic rings. The third-order valence-corrected chi connectivity index (χ3v) is 0.528. The summed E-state index contributed by atoms with van der Waals surface area (Å²) < 4.78 is 4.41. The molecule has 3 nitrogen and oxygen atoms in total. The molecule has 0 aromatic rings. The molecule has 0 saturated heterocycles. The third-order valence-electron chi connectivity index (χ3n) is 0.528. The van der Waals surface area contributed by atoms with E-state index in [-0.39, 0.29) is 20.0 Å². The highest BCUT2D eigenvalue weighted by atomic mass is 16.5. The van der Waals surface area contributed by atoms with Crippen LogP contribution in [0.4, 0.5) is 0 Å². The van der Waals surface area contributed by atoms with Crippen molar-refractivity contribution < 1.29 is 14.6 Å². The van der Waals surface area contributed by atoms with Gasteiger partial charge in [-0.15, -0.1) is 0 Å². The molecular weight excluding hydrogens is 120 g/mol. The standard InChI is InChI=1S/C5H10O3.CH4/c1-4(6)3-8-5(2)7;/h4,6H,3H2,1-2H3;1H4. The SMILES string of the molecule is C.CC(=O)OCC(C)O. The van der Waals surface area contributed by atoms with Gasteiger partial charge < -0.3 is 9.84 Å². The van der Waals surface area contributed by atoms with Crippen molar-refractivity contribution in [1.82, 2.24) is 0 Å². The number of aliphatic hydroxyl groups excluding tert-OH is 1. The van der Waals surface area contributed by atoms with Gasteiger partial charge >= 0.3 is 5.97 Å². The van der Waals surface area contributed by atoms with E-state index in [1.165, 1.54) is 6.92 Å². The van der Waals surface area contributed by atoms with E-state index in [4.69, 9.17) is 5.11 Å². The lowest BCUT2D eigenvalue weighted by atomic mass is 10.4. The molecular formula is C6H14O3. The molecule has 3 heteroatoms. The van der Waals surface area contributed by atoms with Crippen LogP contribution in [0.3, 0.4) is 0 Å². The van der Waals surface area contributed by atoms with Gasteiger partial charge in [0.1, 0.15) is 6.61 Å². The Morgan fingerprint density at radius 1 is 1.78 bits per heavy atom. The number of carbonyl (C=O) groups excluding carboxylic acids is 1. The zero-order valence-electron chi connectivity index (χ0n) is 5.05. The molecule has 0 bridgehead atoms. The van der Waals surface area contributed by atoms with E-state index in [1.54, 1.807) is 6.92 Å². The van der Waals surface area contributed by atoms with Crippen LogP contribution < -0.4 is 0 Å². The van der Waals surface area contributed by atoms with Crippen molar-refractivity contribution in [2.75, 3.05) is 6.61 Å². The van der Waals surface area contributed by atoms with Gasteiger partial charge in [0.15, 0.2) is 0 Å². The fourth-order valence-corrected chi connectivity index (χ4v) is 0.238. The maximum atomic E-state index is 10.0. The lowest BCUT2D eigenvalue weighted by Gasteiger charge is -2.01. The zero-order chi connectivity index (χ0) is 6.57. The molecule has 1 atom stereocenters. The Labute approximate surface area is 55.6 Å². The van der Waals surface area contributed by atoms with Crippen LogP contribution in [-0.2, 0) is 9.53 Å². The van der Waals surface area contributed by atoms with Crippen LogP contribution in [0.1, 0.15) is 21.3 Å². The molecule has 56 valence electrons. The predicted octanol–water partition coefficient (Wildman–Crippen LogP) is 0.566. The van der Waals surface area contributed by atoms with E-state index >= 15 is 0 Å². The molecule has 9 heavy (non-hydrogen) atoms. The smallest absolute Gasteiger partial charge is 0.302 e. The molecule has 0 aromatic heterocycles. The molecule has 0 rings (SSSR count). The Hall–Kier alpha value is -0.570. The Bertz CT molecular complexity index is 78.4. The average Bonchev–Trinajstić information content (AvgIpc) is 1.61. The molecule has 0 spiro atoms. The summed E-state index contributed by atoms with van der Waals surface area (Å²) in [5.41, 5.74) is 0. The molecule has 0 fully saturated rings. The van der Waals surface area contributed by atoms with Crippen LogP contribution in [-0.4, -0.2) is 23.8 Å². The van der Waals surface area contributed by atoms with Gasteiger partial charge in [-0.1, -0.05) is 7.43 Å². The number of hydrogen-bond donors (Lipinski definition) is 1. The molecule has 0 aromatic carbocycles. The van der Waals surface area contributed by atoms with Gasteiger partial charge in [0, 0.05) is 6.92 Å². The van der Waals surface area contributed by atoms with Gasteiger partial charge in [0.2, 0.25) is 0 Å². The van der Waals surface area contributed by atoms with Gasteiger partial charge in [-0.05, 0) is 6.92 Å². The van der Waals surface area contributed by atoms with Crippen LogP contribution in [0.2, 0.25) is 0 Å². The first-order valence-electron chi connectivity index (χ1n) is 2.44. The highest BCUT2D eigenvalue weighted by molar-refractivity contribution is 5.65. The highest BCUT2D eigenvalue weighted by Crippen LogP contribution is 1.81. The number of rotatable bonds is 2. The van der Waals surface area contributed by atoms with Gasteiger partial charge in [0.25, 0.3) is 0 Å². The van der Waals surface area contributed by atoms with Crippen molar-refractivity contribution in [2.45, 2.75) is 27.4 Å². The van der Waals surface area contributed by atoms with Gasteiger partial charge in [0.05, 0.1) is 6.10 Å². The van der Waals surface area contributed by atoms with Crippen molar-refractivity contribution in [3.05, 3.63) is 0 Å². The van der Waals surface area contributed by atoms with Crippen molar-refractivity contribution in [3.63, 3.8) is 0 Å². The Kier molecular flexibility index (Phi) is 6.96. The van der Waals surface area contributed by atoms with Crippen molar-refractivity contribution in [2.24, 2.45) is 0 Å². The topological polar surface area (TPSA) is 46.5 Å². The summed E-state index contributed by atoms with van der Waals surface area (Å²) >= 11 is 0. The lowest BCUT2D eigenvalue weighted by Crippen LogP contribution is -2.12. The van der Waals surface area contributed by atoms with Crippen molar-refractivity contribution in [3.8, 4) is 0 Å². The molecule has 0 aliphatic carbocycles. The summed E-state index contributed by atoms with van der Waals surface area (Å²) in [5, 5.41) is 8.52. The molecule has 1 N–H and O–H groups in total. The number of esters is 1. The summed E-state index contributed by atoms with van der Waals surface area (Å²) in [6, 6.07) is 0. The normalized spacial score (nSPS) is 11.4. The monoisotopic (exact) mass is 134 g/mol. The fourth-order valence-electron chi connectivity index (χ4n) is 0.238. The number of aliphatic hydroxyl groups is 1. The van der Waals surface area contributed by atoms with Gasteiger partial charge in [-0.3, -0.25) is 4.79 Å². The van der Waals surface area contributed by atoms with Crippen LogP contribution in [0, 0.1) is 0 Å². The van der Waals surface area contributed by atoms with Crippen LogP contribution in [0.15, 0.2) is 0 Å². The Morgan fingerprint density at radius 2 is 2.22 bits per heavy atom. The quantitative estimate of drug-likeness (QED) is 0.561. The fraction of sp³-hybridized carbons (Fsp3) is 0.833. The first-order valence-corrected chi connectivity index (χ1v) is 2.44. The van der Waals surface area contributed by atoms with E-state index in [0.717, 1.165) is 0 Å². The molecule has 1 unspecified atom stereocenters. The zero-order valence-corrected chi connectivity index (χ0v) is 5.05. The van der Waals surface area contributed by atoms with E-state index < -0.39 is 6.10 Å². The minimum absolute atomic E-state index is 0. The van der Waals surface area contributed by atoms with Crippen molar-refractivity contribution in [1.29, 1.82) is 0 Å². The second-order valence-corrected chi connectivity index (χ2v) is 1.65. The maximum absolute atomic E-state index is 10.0.